The minimum Gasteiger partial charge on any atom is -0.496 e. The first-order chi connectivity index (χ1) is 9.69. The quantitative estimate of drug-likeness (QED) is 0.909. The summed E-state index contributed by atoms with van der Waals surface area (Å²) in [6.45, 7) is 2.07. The molecule has 1 aromatic carbocycles. The fraction of sp³-hybridized carbons (Fsp3) is 0.312. The largest absolute Gasteiger partial charge is 0.496 e. The topological polar surface area (TPSA) is 43.4 Å². The molecule has 0 amide bonds. The number of pyridine rings is 1. The highest BCUT2D eigenvalue weighted by molar-refractivity contribution is 5.44. The van der Waals surface area contributed by atoms with Crippen molar-refractivity contribution in [1.82, 2.24) is 10.3 Å². The van der Waals surface area contributed by atoms with E-state index in [1.54, 1.807) is 20.4 Å². The first-order valence-corrected chi connectivity index (χ1v) is 6.50. The molecule has 2 aromatic rings. The number of nitrogens with zero attached hydrogens (tertiary/aromatic N) is 1. The molecular formula is C16H20N2O2. The van der Waals surface area contributed by atoms with Gasteiger partial charge in [-0.15, -0.1) is 0 Å². The first-order valence-electron chi connectivity index (χ1n) is 6.50. The third kappa shape index (κ3) is 2.91. The second-order valence-corrected chi connectivity index (χ2v) is 4.63. The SMILES string of the molecule is CNC(c1cncc(OC)c1)c1cc(C)ccc1OC. The van der Waals surface area contributed by atoms with E-state index in [9.17, 15) is 0 Å². The van der Waals surface area contributed by atoms with Crippen LogP contribution in [0.4, 0.5) is 0 Å². The predicted octanol–water partition coefficient (Wildman–Crippen LogP) is 2.72. The van der Waals surface area contributed by atoms with Crippen LogP contribution < -0.4 is 14.8 Å². The van der Waals surface area contributed by atoms with Crippen molar-refractivity contribution in [2.45, 2.75) is 13.0 Å². The molecule has 4 nitrogen and oxygen atoms in total. The van der Waals surface area contributed by atoms with Crippen LogP contribution in [-0.2, 0) is 0 Å². The third-order valence-corrected chi connectivity index (χ3v) is 3.29. The van der Waals surface area contributed by atoms with Gasteiger partial charge < -0.3 is 14.8 Å². The minimum atomic E-state index is 0.00690. The second-order valence-electron chi connectivity index (χ2n) is 4.63. The van der Waals surface area contributed by atoms with Crippen LogP contribution in [-0.4, -0.2) is 26.3 Å². The van der Waals surface area contributed by atoms with Crippen LogP contribution >= 0.6 is 0 Å². The van der Waals surface area contributed by atoms with E-state index in [0.29, 0.717) is 0 Å². The van der Waals surface area contributed by atoms with E-state index in [1.165, 1.54) is 5.56 Å². The lowest BCUT2D eigenvalue weighted by molar-refractivity contribution is 0.403. The van der Waals surface area contributed by atoms with Gasteiger partial charge in [0.2, 0.25) is 0 Å². The molecule has 0 bridgehead atoms. The van der Waals surface area contributed by atoms with Crippen molar-refractivity contribution < 1.29 is 9.47 Å². The zero-order valence-corrected chi connectivity index (χ0v) is 12.3. The summed E-state index contributed by atoms with van der Waals surface area (Å²) in [6.07, 6.45) is 3.54. The van der Waals surface area contributed by atoms with Gasteiger partial charge in [0.25, 0.3) is 0 Å². The molecule has 1 unspecified atom stereocenters. The summed E-state index contributed by atoms with van der Waals surface area (Å²) in [5.74, 6) is 1.60. The minimum absolute atomic E-state index is 0.00690. The second kappa shape index (κ2) is 6.39. The molecule has 0 spiro atoms. The van der Waals surface area contributed by atoms with Gasteiger partial charge in [0.1, 0.15) is 11.5 Å². The number of hydrogen-bond acceptors (Lipinski definition) is 4. The monoisotopic (exact) mass is 272 g/mol. The number of hydrogen-bond donors (Lipinski definition) is 1. The van der Waals surface area contributed by atoms with Crippen LogP contribution in [0, 0.1) is 6.92 Å². The molecule has 1 atom stereocenters. The summed E-state index contributed by atoms with van der Waals surface area (Å²) in [6, 6.07) is 8.14. The lowest BCUT2D eigenvalue weighted by atomic mass is 9.97. The van der Waals surface area contributed by atoms with Crippen molar-refractivity contribution in [2.75, 3.05) is 21.3 Å². The summed E-state index contributed by atoms with van der Waals surface area (Å²) in [5, 5.41) is 3.31. The summed E-state index contributed by atoms with van der Waals surface area (Å²) >= 11 is 0. The Hall–Kier alpha value is -2.07. The number of benzene rings is 1. The summed E-state index contributed by atoms with van der Waals surface area (Å²) in [4.78, 5) is 4.22. The molecule has 4 heteroatoms. The maximum absolute atomic E-state index is 5.47. The van der Waals surface area contributed by atoms with E-state index in [2.05, 4.69) is 23.3 Å². The molecule has 2 rings (SSSR count). The highest BCUT2D eigenvalue weighted by Gasteiger charge is 2.17. The lowest BCUT2D eigenvalue weighted by Gasteiger charge is -2.20. The van der Waals surface area contributed by atoms with Crippen molar-refractivity contribution in [3.05, 3.63) is 53.3 Å². The van der Waals surface area contributed by atoms with Gasteiger partial charge in [-0.1, -0.05) is 17.7 Å². The lowest BCUT2D eigenvalue weighted by Crippen LogP contribution is -2.19. The molecule has 1 aromatic heterocycles. The number of nitrogens with one attached hydrogen (secondary N) is 1. The maximum Gasteiger partial charge on any atom is 0.137 e. The molecule has 0 fully saturated rings. The first kappa shape index (κ1) is 14.3. The highest BCUT2D eigenvalue weighted by Crippen LogP contribution is 2.31. The zero-order chi connectivity index (χ0) is 14.5. The van der Waals surface area contributed by atoms with Gasteiger partial charge in [-0.2, -0.15) is 0 Å². The van der Waals surface area contributed by atoms with E-state index in [4.69, 9.17) is 9.47 Å². The van der Waals surface area contributed by atoms with E-state index >= 15 is 0 Å². The predicted molar refractivity (Wildman–Crippen MR) is 79.4 cm³/mol. The van der Waals surface area contributed by atoms with E-state index in [-0.39, 0.29) is 6.04 Å². The standard InChI is InChI=1S/C16H20N2O2/c1-11-5-6-15(20-4)14(7-11)16(17-2)12-8-13(19-3)10-18-9-12/h5-10,16-17H,1-4H3. The maximum atomic E-state index is 5.47. The van der Waals surface area contributed by atoms with E-state index in [1.807, 2.05) is 31.4 Å². The molecule has 0 aliphatic carbocycles. The number of methoxy groups -OCH3 is 2. The Labute approximate surface area is 119 Å². The van der Waals surface area contributed by atoms with Gasteiger partial charge in [-0.3, -0.25) is 4.98 Å². The Morgan fingerprint density at radius 1 is 1.10 bits per heavy atom. The van der Waals surface area contributed by atoms with Crippen molar-refractivity contribution in [3.63, 3.8) is 0 Å². The summed E-state index contributed by atoms with van der Waals surface area (Å²) in [5.41, 5.74) is 3.32. The zero-order valence-electron chi connectivity index (χ0n) is 12.3. The molecule has 106 valence electrons. The Morgan fingerprint density at radius 3 is 2.55 bits per heavy atom. The van der Waals surface area contributed by atoms with E-state index < -0.39 is 0 Å². The van der Waals surface area contributed by atoms with Crippen molar-refractivity contribution in [3.8, 4) is 11.5 Å². The third-order valence-electron chi connectivity index (χ3n) is 3.29. The molecule has 1 N–H and O–H groups in total. The van der Waals surface area contributed by atoms with E-state index in [0.717, 1.165) is 22.6 Å². The molecule has 0 saturated carbocycles. The molecule has 0 saturated heterocycles. The van der Waals surface area contributed by atoms with Crippen LogP contribution in [0.2, 0.25) is 0 Å². The van der Waals surface area contributed by atoms with Crippen LogP contribution in [0.1, 0.15) is 22.7 Å². The Kier molecular flexibility index (Phi) is 4.58. The normalized spacial score (nSPS) is 12.0. The van der Waals surface area contributed by atoms with Gasteiger partial charge in [0.05, 0.1) is 26.5 Å². The molecule has 0 aliphatic rings. The highest BCUT2D eigenvalue weighted by atomic mass is 16.5. The fourth-order valence-corrected chi connectivity index (χ4v) is 2.29. The Balaban J connectivity index is 2.48. The fourth-order valence-electron chi connectivity index (χ4n) is 2.29. The van der Waals surface area contributed by atoms with Crippen LogP contribution in [0.15, 0.2) is 36.7 Å². The molecule has 20 heavy (non-hydrogen) atoms. The number of ether oxygens (including phenoxy) is 2. The molecule has 0 radical (unpaired) electrons. The van der Waals surface area contributed by atoms with Gasteiger partial charge in [-0.05, 0) is 31.7 Å². The van der Waals surface area contributed by atoms with Crippen molar-refractivity contribution in [1.29, 1.82) is 0 Å². The number of aromatic nitrogens is 1. The Bertz CT molecular complexity index is 584. The smallest absolute Gasteiger partial charge is 0.137 e. The summed E-state index contributed by atoms with van der Waals surface area (Å²) in [7, 11) is 5.25. The van der Waals surface area contributed by atoms with Crippen molar-refractivity contribution in [2.24, 2.45) is 0 Å². The van der Waals surface area contributed by atoms with Crippen LogP contribution in [0.25, 0.3) is 0 Å². The average Bonchev–Trinajstić information content (AvgIpc) is 2.48. The number of aryl methyl sites for hydroxylation is 1. The van der Waals surface area contributed by atoms with Gasteiger partial charge >= 0.3 is 0 Å². The van der Waals surface area contributed by atoms with Crippen LogP contribution in [0.3, 0.4) is 0 Å². The number of rotatable bonds is 5. The van der Waals surface area contributed by atoms with Gasteiger partial charge in [-0.25, -0.2) is 0 Å². The van der Waals surface area contributed by atoms with Gasteiger partial charge in [0.15, 0.2) is 0 Å². The van der Waals surface area contributed by atoms with Crippen molar-refractivity contribution >= 4 is 0 Å². The summed E-state index contributed by atoms with van der Waals surface area (Å²) < 4.78 is 10.7. The molecule has 0 aliphatic heterocycles. The molecular weight excluding hydrogens is 252 g/mol. The van der Waals surface area contributed by atoms with Gasteiger partial charge in [0, 0.05) is 11.8 Å². The average molecular weight is 272 g/mol. The Morgan fingerprint density at radius 2 is 1.90 bits per heavy atom. The van der Waals surface area contributed by atoms with Crippen LogP contribution in [0.5, 0.6) is 11.5 Å². The molecule has 1 heterocycles.